The van der Waals surface area contributed by atoms with Gasteiger partial charge in [-0.05, 0) is 0 Å². The zero-order valence-electron chi connectivity index (χ0n) is 3.86. The van der Waals surface area contributed by atoms with Crippen LogP contribution in [0.15, 0.2) is 0 Å². The molecule has 0 bridgehead atoms. The first kappa shape index (κ1) is 7.38. The molecule has 0 aliphatic rings. The molecule has 48 valence electrons. The second-order valence-electron chi connectivity index (χ2n) is 1.05. The smallest absolute Gasteiger partial charge is 0.283 e. The van der Waals surface area contributed by atoms with Crippen molar-refractivity contribution in [3.05, 3.63) is 0 Å². The summed E-state index contributed by atoms with van der Waals surface area (Å²) in [5.41, 5.74) is 0. The molecule has 0 atom stereocenters. The van der Waals surface area contributed by atoms with Gasteiger partial charge in [0.1, 0.15) is 5.88 Å². The zero-order valence-corrected chi connectivity index (χ0v) is 4.68. The second kappa shape index (κ2) is 2.63. The molecule has 2 N–H and O–H groups in total. The van der Waals surface area contributed by atoms with Crippen molar-refractivity contribution in [2.45, 2.75) is 0 Å². The van der Waals surface area contributed by atoms with E-state index >= 15 is 0 Å². The molecule has 0 aromatic rings. The van der Waals surface area contributed by atoms with Crippen LogP contribution in [0.2, 0.25) is 0 Å². The monoisotopic (exact) mass is 139 g/mol. The van der Waals surface area contributed by atoms with Gasteiger partial charge in [0.2, 0.25) is 6.41 Å². The molecule has 0 saturated heterocycles. The van der Waals surface area contributed by atoms with Crippen LogP contribution in [0, 0.1) is 0 Å². The summed E-state index contributed by atoms with van der Waals surface area (Å²) in [5, 5.41) is 1.77. The predicted octanol–water partition coefficient (Wildman–Crippen LogP) is -1.42. The Morgan fingerprint density at radius 1 is 1.62 bits per heavy atom. The second-order valence-corrected chi connectivity index (χ2v) is 2.50. The van der Waals surface area contributed by atoms with Crippen LogP contribution in [-0.2, 0) is 14.9 Å². The Labute approximate surface area is 46.4 Å². The van der Waals surface area contributed by atoms with E-state index in [1.807, 2.05) is 0 Å². The summed E-state index contributed by atoms with van der Waals surface area (Å²) in [6.45, 7) is 0. The van der Waals surface area contributed by atoms with Gasteiger partial charge in [-0.3, -0.25) is 9.35 Å². The Kier molecular flexibility index (Phi) is 2.43. The summed E-state index contributed by atoms with van der Waals surface area (Å²) < 4.78 is 27.3. The van der Waals surface area contributed by atoms with Gasteiger partial charge in [-0.25, -0.2) is 0 Å². The van der Waals surface area contributed by atoms with Crippen LogP contribution in [0.25, 0.3) is 0 Å². The number of nitrogens with one attached hydrogen (secondary N) is 1. The molecule has 0 unspecified atom stereocenters. The molecule has 1 amide bonds. The van der Waals surface area contributed by atoms with E-state index in [1.54, 1.807) is 5.32 Å². The topological polar surface area (TPSA) is 83.5 Å². The number of amides is 1. The lowest BCUT2D eigenvalue weighted by atomic mass is 11.2. The fourth-order valence-electron chi connectivity index (χ4n) is 0.139. The van der Waals surface area contributed by atoms with Gasteiger partial charge in [0.25, 0.3) is 10.1 Å². The van der Waals surface area contributed by atoms with Gasteiger partial charge in [-0.15, -0.1) is 0 Å². The van der Waals surface area contributed by atoms with Crippen LogP contribution in [0.4, 0.5) is 0 Å². The summed E-state index contributed by atoms with van der Waals surface area (Å²) in [5.74, 6) is -0.726. The molecular formula is C2H5NO4S. The third-order valence-corrected chi connectivity index (χ3v) is 0.881. The lowest BCUT2D eigenvalue weighted by molar-refractivity contribution is -0.109. The van der Waals surface area contributed by atoms with E-state index in [1.165, 1.54) is 0 Å². The Balaban J connectivity index is 3.57. The molecule has 0 heterocycles. The predicted molar refractivity (Wildman–Crippen MR) is 25.6 cm³/mol. The van der Waals surface area contributed by atoms with Gasteiger partial charge in [0.05, 0.1) is 0 Å². The number of carbonyl (C=O) groups is 1. The maximum Gasteiger partial charge on any atom is 0.283 e. The highest BCUT2D eigenvalue weighted by Crippen LogP contribution is 1.72. The van der Waals surface area contributed by atoms with Gasteiger partial charge in [0, 0.05) is 0 Å². The van der Waals surface area contributed by atoms with Gasteiger partial charge in [-0.2, -0.15) is 8.42 Å². The highest BCUT2D eigenvalue weighted by molar-refractivity contribution is 7.85. The van der Waals surface area contributed by atoms with Crippen molar-refractivity contribution < 1.29 is 17.8 Å². The minimum Gasteiger partial charge on any atom is -0.343 e. The van der Waals surface area contributed by atoms with E-state index in [0.29, 0.717) is 0 Å². The van der Waals surface area contributed by atoms with Crippen LogP contribution in [0.5, 0.6) is 0 Å². The summed E-state index contributed by atoms with van der Waals surface area (Å²) >= 11 is 0. The van der Waals surface area contributed by atoms with Crippen molar-refractivity contribution in [3.63, 3.8) is 0 Å². The Morgan fingerprint density at radius 3 is 2.25 bits per heavy atom. The molecule has 0 fully saturated rings. The molecule has 0 aliphatic carbocycles. The molecule has 6 heteroatoms. The first-order valence-electron chi connectivity index (χ1n) is 1.68. The lowest BCUT2D eigenvalue weighted by Crippen LogP contribution is -2.20. The standard InChI is InChI=1S/C2H5NO4S/c4-1-3-2-8(5,6)7/h1H,2H2,(H,3,4)(H,5,6,7). The first-order valence-corrected chi connectivity index (χ1v) is 3.29. The van der Waals surface area contributed by atoms with Gasteiger partial charge in [0.15, 0.2) is 0 Å². The highest BCUT2D eigenvalue weighted by atomic mass is 32.2. The fraction of sp³-hybridized carbons (Fsp3) is 0.500. The number of carbonyl (C=O) groups excluding carboxylic acids is 1. The summed E-state index contributed by atoms with van der Waals surface area (Å²) in [6.07, 6.45) is 0.188. The maximum absolute atomic E-state index is 9.72. The Morgan fingerprint density at radius 2 is 2.12 bits per heavy atom. The van der Waals surface area contributed by atoms with E-state index in [9.17, 15) is 13.2 Å². The van der Waals surface area contributed by atoms with Crippen molar-refractivity contribution in [2.75, 3.05) is 5.88 Å². The molecule has 0 aromatic heterocycles. The summed E-state index contributed by atoms with van der Waals surface area (Å²) in [7, 11) is -4.03. The molecule has 0 spiro atoms. The minimum absolute atomic E-state index is 0.188. The van der Waals surface area contributed by atoms with Crippen molar-refractivity contribution in [1.29, 1.82) is 0 Å². The summed E-state index contributed by atoms with van der Waals surface area (Å²) in [6, 6.07) is 0. The van der Waals surface area contributed by atoms with Crippen molar-refractivity contribution >= 4 is 16.5 Å². The van der Waals surface area contributed by atoms with Crippen molar-refractivity contribution in [1.82, 2.24) is 5.32 Å². The minimum atomic E-state index is -4.03. The highest BCUT2D eigenvalue weighted by Gasteiger charge is 1.99. The fourth-order valence-corrected chi connectivity index (χ4v) is 0.418. The van der Waals surface area contributed by atoms with Gasteiger partial charge >= 0.3 is 0 Å². The van der Waals surface area contributed by atoms with Crippen molar-refractivity contribution in [3.8, 4) is 0 Å². The maximum atomic E-state index is 9.72. The average molecular weight is 139 g/mol. The molecular weight excluding hydrogens is 134 g/mol. The van der Waals surface area contributed by atoms with E-state index in [4.69, 9.17) is 4.55 Å². The summed E-state index contributed by atoms with van der Waals surface area (Å²) in [4.78, 5) is 9.36. The van der Waals surface area contributed by atoms with E-state index < -0.39 is 16.0 Å². The zero-order chi connectivity index (χ0) is 6.62. The van der Waals surface area contributed by atoms with Crippen LogP contribution in [0.1, 0.15) is 0 Å². The average Bonchev–Trinajstić information content (AvgIpc) is 1.59. The molecule has 0 aliphatic heterocycles. The van der Waals surface area contributed by atoms with Crippen LogP contribution in [-0.4, -0.2) is 25.3 Å². The number of hydrogen-bond acceptors (Lipinski definition) is 3. The lowest BCUT2D eigenvalue weighted by Gasteiger charge is -1.89. The molecule has 8 heavy (non-hydrogen) atoms. The van der Waals surface area contributed by atoms with Crippen LogP contribution < -0.4 is 5.32 Å². The molecule has 0 rings (SSSR count). The van der Waals surface area contributed by atoms with Crippen LogP contribution >= 0.6 is 0 Å². The Hall–Kier alpha value is -0.620. The van der Waals surface area contributed by atoms with Gasteiger partial charge in [-0.1, -0.05) is 0 Å². The van der Waals surface area contributed by atoms with Crippen LogP contribution in [0.3, 0.4) is 0 Å². The van der Waals surface area contributed by atoms with E-state index in [2.05, 4.69) is 0 Å². The molecule has 5 nitrogen and oxygen atoms in total. The third-order valence-electron chi connectivity index (χ3n) is 0.349. The molecule has 0 saturated carbocycles. The van der Waals surface area contributed by atoms with E-state index in [-0.39, 0.29) is 6.41 Å². The number of rotatable bonds is 3. The van der Waals surface area contributed by atoms with Gasteiger partial charge < -0.3 is 5.32 Å². The SMILES string of the molecule is O=CNCS(=O)(=O)O. The Bertz CT molecular complexity index is 159. The third kappa shape index (κ3) is 5.38. The normalized spacial score (nSPS) is 10.6. The largest absolute Gasteiger partial charge is 0.343 e. The van der Waals surface area contributed by atoms with E-state index in [0.717, 1.165) is 0 Å². The molecule has 0 aromatic carbocycles. The molecule has 0 radical (unpaired) electrons. The van der Waals surface area contributed by atoms with Crippen molar-refractivity contribution in [2.24, 2.45) is 0 Å². The first-order chi connectivity index (χ1) is 3.56. The quantitative estimate of drug-likeness (QED) is 0.371. The number of hydrogen-bond donors (Lipinski definition) is 2.